The molecule has 1 saturated carbocycles. The lowest BCUT2D eigenvalue weighted by atomic mass is 9.89. The number of nitrogens with one attached hydrogen (secondary N) is 2. The summed E-state index contributed by atoms with van der Waals surface area (Å²) >= 11 is 0. The number of nitrogens with zero attached hydrogens (tertiary/aromatic N) is 3. The summed E-state index contributed by atoms with van der Waals surface area (Å²) < 4.78 is 15.2. The van der Waals surface area contributed by atoms with E-state index in [-0.39, 0.29) is 30.2 Å². The van der Waals surface area contributed by atoms with Gasteiger partial charge in [-0.2, -0.15) is 5.10 Å². The Labute approximate surface area is 228 Å². The highest BCUT2D eigenvalue weighted by molar-refractivity contribution is 5.98. The van der Waals surface area contributed by atoms with Crippen molar-refractivity contribution in [3.63, 3.8) is 0 Å². The number of aryl methyl sites for hydroxylation is 2. The zero-order chi connectivity index (χ0) is 27.9. The summed E-state index contributed by atoms with van der Waals surface area (Å²) in [6.45, 7) is 7.71. The molecule has 9 heteroatoms. The van der Waals surface area contributed by atoms with E-state index in [2.05, 4.69) is 25.8 Å². The van der Waals surface area contributed by atoms with E-state index >= 15 is 4.39 Å². The van der Waals surface area contributed by atoms with Crippen LogP contribution in [0.3, 0.4) is 0 Å². The van der Waals surface area contributed by atoms with Crippen LogP contribution in [0.25, 0.3) is 11.1 Å². The molecule has 3 aromatic rings. The summed E-state index contributed by atoms with van der Waals surface area (Å²) in [5.41, 5.74) is 15.5. The SMILES string of the molecule is Cc1cc(/C(N)=N/NCC(C)(C)O)cc(C)c1-c1ccc(F)c2c1CCC2Nc1cnc(C2C[C@@H]2C=O)cn1. The van der Waals surface area contributed by atoms with Gasteiger partial charge in [0.1, 0.15) is 17.9 Å². The van der Waals surface area contributed by atoms with Gasteiger partial charge in [-0.1, -0.05) is 6.07 Å². The minimum Gasteiger partial charge on any atom is -0.389 e. The van der Waals surface area contributed by atoms with Crippen molar-refractivity contribution in [3.05, 3.63) is 76.0 Å². The molecule has 204 valence electrons. The lowest BCUT2D eigenvalue weighted by Crippen LogP contribution is -2.33. The van der Waals surface area contributed by atoms with Gasteiger partial charge in [0, 0.05) is 23.0 Å². The fourth-order valence-corrected chi connectivity index (χ4v) is 5.50. The number of aldehydes is 1. The number of amidine groups is 1. The minimum absolute atomic E-state index is 0.0485. The first-order chi connectivity index (χ1) is 18.6. The second-order valence-corrected chi connectivity index (χ2v) is 11.3. The minimum atomic E-state index is -0.900. The van der Waals surface area contributed by atoms with Gasteiger partial charge in [0.25, 0.3) is 0 Å². The summed E-state index contributed by atoms with van der Waals surface area (Å²) in [6.07, 6.45) is 6.66. The van der Waals surface area contributed by atoms with Crippen LogP contribution in [-0.4, -0.2) is 39.3 Å². The molecule has 8 nitrogen and oxygen atoms in total. The van der Waals surface area contributed by atoms with Crippen molar-refractivity contribution in [3.8, 4) is 11.1 Å². The molecule has 1 heterocycles. The molecule has 0 bridgehead atoms. The zero-order valence-corrected chi connectivity index (χ0v) is 22.8. The fraction of sp³-hybridized carbons (Fsp3) is 0.400. The van der Waals surface area contributed by atoms with Gasteiger partial charge < -0.3 is 26.4 Å². The fourth-order valence-electron chi connectivity index (χ4n) is 5.50. The molecule has 0 amide bonds. The number of aliphatic hydroxyl groups is 1. The molecule has 1 fully saturated rings. The van der Waals surface area contributed by atoms with Crippen LogP contribution in [0.15, 0.2) is 41.8 Å². The number of hydrazone groups is 1. The van der Waals surface area contributed by atoms with Gasteiger partial charge in [-0.25, -0.2) is 9.37 Å². The van der Waals surface area contributed by atoms with Crippen LogP contribution in [0.1, 0.15) is 72.2 Å². The van der Waals surface area contributed by atoms with Gasteiger partial charge in [0.15, 0.2) is 5.84 Å². The Balaban J connectivity index is 1.39. The number of carbonyl (C=O) groups excluding carboxylic acids is 1. The number of hydrogen-bond donors (Lipinski definition) is 4. The third kappa shape index (κ3) is 5.63. The summed E-state index contributed by atoms with van der Waals surface area (Å²) in [4.78, 5) is 19.9. The standard InChI is InChI=1S/C30H35FN6O2/c1-16-9-18(29(32)37-35-15-30(3,4)39)10-17(2)27(16)20-5-7-23(31)28-21(20)6-8-24(28)36-26-13-33-25(12-34-26)22-11-19(22)14-38/h5,7,9-10,12-14,19,22,24,35,39H,6,8,11,15H2,1-4H3,(H2,32,37)(H,34,36)/t19-,22?,24?/m1/s1. The van der Waals surface area contributed by atoms with Gasteiger partial charge in [-0.15, -0.1) is 0 Å². The zero-order valence-electron chi connectivity index (χ0n) is 22.8. The van der Waals surface area contributed by atoms with Gasteiger partial charge in [-0.3, -0.25) is 4.98 Å². The number of rotatable bonds is 9. The quantitative estimate of drug-likeness (QED) is 0.141. The predicted molar refractivity (Wildman–Crippen MR) is 150 cm³/mol. The highest BCUT2D eigenvalue weighted by Gasteiger charge is 2.39. The first-order valence-corrected chi connectivity index (χ1v) is 13.3. The number of carbonyl (C=O) groups is 1. The monoisotopic (exact) mass is 530 g/mol. The summed E-state index contributed by atoms with van der Waals surface area (Å²) in [7, 11) is 0. The second kappa shape index (κ2) is 10.4. The average Bonchev–Trinajstić information content (AvgIpc) is 3.55. The molecule has 0 radical (unpaired) electrons. The molecule has 2 aliphatic carbocycles. The summed E-state index contributed by atoms with van der Waals surface area (Å²) in [6, 6.07) is 7.16. The Kier molecular flexibility index (Phi) is 7.11. The van der Waals surface area contributed by atoms with Crippen molar-refractivity contribution >= 4 is 17.9 Å². The van der Waals surface area contributed by atoms with E-state index in [1.807, 2.05) is 32.0 Å². The Morgan fingerprint density at radius 3 is 2.59 bits per heavy atom. The maximum atomic E-state index is 15.2. The van der Waals surface area contributed by atoms with Crippen molar-refractivity contribution in [1.82, 2.24) is 15.4 Å². The lowest BCUT2D eigenvalue weighted by molar-refractivity contribution is -0.108. The van der Waals surface area contributed by atoms with Crippen molar-refractivity contribution < 1.29 is 14.3 Å². The molecule has 2 aromatic carbocycles. The number of aromatic nitrogens is 2. The topological polar surface area (TPSA) is 126 Å². The molecule has 2 aliphatic rings. The summed E-state index contributed by atoms with van der Waals surface area (Å²) in [5.74, 6) is 0.906. The highest BCUT2D eigenvalue weighted by Crippen LogP contribution is 2.45. The lowest BCUT2D eigenvalue weighted by Gasteiger charge is -2.19. The maximum absolute atomic E-state index is 15.2. The molecule has 3 atom stereocenters. The molecule has 5 N–H and O–H groups in total. The van der Waals surface area contributed by atoms with Gasteiger partial charge in [0.05, 0.1) is 36.3 Å². The first kappa shape index (κ1) is 26.7. The largest absolute Gasteiger partial charge is 0.389 e. The molecular formula is C30H35FN6O2. The van der Waals surface area contributed by atoms with Gasteiger partial charge in [-0.05, 0) is 93.0 Å². The molecule has 2 unspecified atom stereocenters. The molecule has 5 rings (SSSR count). The maximum Gasteiger partial charge on any atom is 0.150 e. The Morgan fingerprint density at radius 2 is 1.97 bits per heavy atom. The molecule has 0 saturated heterocycles. The number of anilines is 1. The van der Waals surface area contributed by atoms with Crippen LogP contribution in [0.4, 0.5) is 10.2 Å². The average molecular weight is 531 g/mol. The van der Waals surface area contributed by atoms with Gasteiger partial charge >= 0.3 is 0 Å². The van der Waals surface area contributed by atoms with Crippen LogP contribution in [0.5, 0.6) is 0 Å². The van der Waals surface area contributed by atoms with E-state index < -0.39 is 5.60 Å². The highest BCUT2D eigenvalue weighted by atomic mass is 19.1. The number of benzene rings is 2. The van der Waals surface area contributed by atoms with Crippen molar-refractivity contribution in [2.45, 2.75) is 64.5 Å². The first-order valence-electron chi connectivity index (χ1n) is 13.3. The normalized spacial score (nSPS) is 20.5. The third-order valence-corrected chi connectivity index (χ3v) is 7.53. The van der Waals surface area contributed by atoms with E-state index in [0.29, 0.717) is 17.2 Å². The Morgan fingerprint density at radius 1 is 1.23 bits per heavy atom. The smallest absolute Gasteiger partial charge is 0.150 e. The van der Waals surface area contributed by atoms with Crippen molar-refractivity contribution in [2.24, 2.45) is 16.8 Å². The molecule has 1 aromatic heterocycles. The van der Waals surface area contributed by atoms with Crippen LogP contribution >= 0.6 is 0 Å². The number of hydrogen-bond acceptors (Lipinski definition) is 7. The number of fused-ring (bicyclic) bond motifs is 1. The van der Waals surface area contributed by atoms with E-state index in [0.717, 1.165) is 64.6 Å². The van der Waals surface area contributed by atoms with E-state index in [9.17, 15) is 9.90 Å². The predicted octanol–water partition coefficient (Wildman–Crippen LogP) is 4.28. The second-order valence-electron chi connectivity index (χ2n) is 11.3. The third-order valence-electron chi connectivity index (χ3n) is 7.53. The van der Waals surface area contributed by atoms with Gasteiger partial charge in [0.2, 0.25) is 0 Å². The van der Waals surface area contributed by atoms with Crippen molar-refractivity contribution in [2.75, 3.05) is 11.9 Å². The van der Waals surface area contributed by atoms with Crippen LogP contribution in [-0.2, 0) is 11.2 Å². The van der Waals surface area contributed by atoms with E-state index in [1.54, 1.807) is 32.3 Å². The number of halogens is 1. The van der Waals surface area contributed by atoms with Crippen LogP contribution < -0.4 is 16.5 Å². The van der Waals surface area contributed by atoms with Crippen LogP contribution in [0.2, 0.25) is 0 Å². The molecule has 0 spiro atoms. The Bertz CT molecular complexity index is 1410. The molecule has 0 aliphatic heterocycles. The van der Waals surface area contributed by atoms with E-state index in [4.69, 9.17) is 5.73 Å². The van der Waals surface area contributed by atoms with E-state index in [1.165, 1.54) is 0 Å². The van der Waals surface area contributed by atoms with Crippen molar-refractivity contribution in [1.29, 1.82) is 0 Å². The Hall–Kier alpha value is -3.85. The van der Waals surface area contributed by atoms with Crippen LogP contribution in [0, 0.1) is 25.6 Å². The number of nitrogens with two attached hydrogens (primary N) is 1. The molecular weight excluding hydrogens is 495 g/mol. The summed E-state index contributed by atoms with van der Waals surface area (Å²) in [5, 5.41) is 17.5. The molecule has 39 heavy (non-hydrogen) atoms.